The molecule has 3 N–H and O–H groups in total. The zero-order valence-electron chi connectivity index (χ0n) is 25.1. The first-order valence-corrected chi connectivity index (χ1v) is 15.6. The normalized spacial score (nSPS) is 17.8. The fourth-order valence-corrected chi connectivity index (χ4v) is 5.84. The Morgan fingerprint density at radius 3 is 2.61 bits per heavy atom. The summed E-state index contributed by atoms with van der Waals surface area (Å²) in [5.41, 5.74) is 4.52. The van der Waals surface area contributed by atoms with E-state index in [2.05, 4.69) is 25.0 Å². The molecular formula is C28H30FN5O10S2. The number of rotatable bonds is 11. The van der Waals surface area contributed by atoms with Crippen LogP contribution in [0.3, 0.4) is 0 Å². The lowest BCUT2D eigenvalue weighted by atomic mass is 9.98. The lowest BCUT2D eigenvalue weighted by Crippen LogP contribution is -2.71. The van der Waals surface area contributed by atoms with Gasteiger partial charge in [-0.2, -0.15) is 0 Å². The Balaban J connectivity index is 1.54. The van der Waals surface area contributed by atoms with Crippen molar-refractivity contribution in [2.75, 3.05) is 31.5 Å². The van der Waals surface area contributed by atoms with Crippen LogP contribution >= 0.6 is 23.1 Å². The number of anilines is 1. The number of nitrogens with one attached hydrogen (secondary N) is 1. The van der Waals surface area contributed by atoms with Crippen molar-refractivity contribution in [1.82, 2.24) is 15.2 Å². The highest BCUT2D eigenvalue weighted by Crippen LogP contribution is 2.41. The van der Waals surface area contributed by atoms with E-state index in [-0.39, 0.29) is 41.2 Å². The van der Waals surface area contributed by atoms with Gasteiger partial charge in [0.15, 0.2) is 10.8 Å². The van der Waals surface area contributed by atoms with Crippen molar-refractivity contribution in [3.63, 3.8) is 0 Å². The smallest absolute Gasteiger partial charge is 0.489 e. The number of ether oxygens (including phenoxy) is 4. The summed E-state index contributed by atoms with van der Waals surface area (Å²) in [5, 5.41) is 6.83. The number of carbonyl (C=O) groups excluding carboxylic acids is 5. The average Bonchev–Trinajstić information content (AvgIpc) is 3.43. The number of oxime groups is 1. The van der Waals surface area contributed by atoms with Gasteiger partial charge in [0.2, 0.25) is 6.79 Å². The van der Waals surface area contributed by atoms with Gasteiger partial charge in [0, 0.05) is 22.8 Å². The van der Waals surface area contributed by atoms with Crippen molar-refractivity contribution in [2.45, 2.75) is 39.1 Å². The number of benzene rings is 1. The predicted molar refractivity (Wildman–Crippen MR) is 162 cm³/mol. The van der Waals surface area contributed by atoms with E-state index in [0.717, 1.165) is 22.3 Å². The number of aromatic nitrogens is 1. The number of fused-ring (bicyclic) bond motifs is 1. The minimum Gasteiger partial charge on any atom is -0.489 e. The molecule has 3 heterocycles. The molecule has 0 aliphatic carbocycles. The van der Waals surface area contributed by atoms with Crippen LogP contribution < -0.4 is 15.8 Å². The summed E-state index contributed by atoms with van der Waals surface area (Å²) < 4.78 is 34.3. The minimum absolute atomic E-state index is 0.00256. The van der Waals surface area contributed by atoms with Crippen LogP contribution in [-0.2, 0) is 38.2 Å². The molecule has 2 amide bonds. The maximum absolute atomic E-state index is 13.7. The number of amides is 2. The molecule has 0 radical (unpaired) electrons. The second-order valence-electron chi connectivity index (χ2n) is 10.6. The van der Waals surface area contributed by atoms with Crippen molar-refractivity contribution >= 4 is 63.9 Å². The molecule has 0 spiro atoms. The second-order valence-corrected chi connectivity index (χ2v) is 12.6. The lowest BCUT2D eigenvalue weighted by molar-refractivity contribution is -0.173. The zero-order chi connectivity index (χ0) is 33.6. The number of hydrogen-bond acceptors (Lipinski definition) is 15. The molecule has 1 aromatic carbocycles. The molecule has 2 aliphatic heterocycles. The van der Waals surface area contributed by atoms with Crippen molar-refractivity contribution in [2.24, 2.45) is 10.6 Å². The first kappa shape index (κ1) is 34.2. The molecular weight excluding hydrogens is 649 g/mol. The van der Waals surface area contributed by atoms with E-state index < -0.39 is 65.1 Å². The molecule has 246 valence electrons. The monoisotopic (exact) mass is 679 g/mol. The summed E-state index contributed by atoms with van der Waals surface area (Å²) in [6.07, 6.45) is -1.17. The highest BCUT2D eigenvalue weighted by molar-refractivity contribution is 8.00. The number of β-lactam (4-membered cyclic amide) rings is 1. The Morgan fingerprint density at radius 1 is 1.20 bits per heavy atom. The minimum atomic E-state index is -1.17. The van der Waals surface area contributed by atoms with E-state index in [4.69, 9.17) is 19.9 Å². The lowest BCUT2D eigenvalue weighted by Gasteiger charge is -2.49. The summed E-state index contributed by atoms with van der Waals surface area (Å²) in [7, 11) is 0. The van der Waals surface area contributed by atoms with E-state index >= 15 is 0 Å². The molecule has 2 aromatic rings. The second kappa shape index (κ2) is 14.6. The van der Waals surface area contributed by atoms with Crippen LogP contribution in [-0.4, -0.2) is 82.7 Å². The maximum atomic E-state index is 13.7. The Morgan fingerprint density at radius 2 is 1.96 bits per heavy atom. The largest absolute Gasteiger partial charge is 0.535 e. The quantitative estimate of drug-likeness (QED) is 0.0878. The number of thiazole rings is 1. The van der Waals surface area contributed by atoms with Gasteiger partial charge < -0.3 is 30.0 Å². The first-order chi connectivity index (χ1) is 21.8. The third-order valence-corrected chi connectivity index (χ3v) is 8.20. The van der Waals surface area contributed by atoms with E-state index in [9.17, 15) is 28.4 Å². The van der Waals surface area contributed by atoms with Gasteiger partial charge in [0.25, 0.3) is 11.8 Å². The van der Waals surface area contributed by atoms with Gasteiger partial charge in [0.05, 0.1) is 12.0 Å². The first-order valence-electron chi connectivity index (χ1n) is 13.6. The molecule has 18 heteroatoms. The molecule has 1 saturated heterocycles. The number of nitrogens with zero attached hydrogens (tertiary/aromatic N) is 3. The summed E-state index contributed by atoms with van der Waals surface area (Å²) in [6, 6.07) is 4.22. The van der Waals surface area contributed by atoms with E-state index in [1.54, 1.807) is 27.7 Å². The standard InChI is InChI=1S/C28H30FN5O10S2/c1-5-40-27(39)44-33-18(17-12-46-26(30)31-17)21(35)32-19-22(36)34-20(24(37)42-13-43-25(38)28(2,3)4)14(11-45-23(19)34)10-41-16-8-6-7-15(29)9-16/h6-9,12,19,23H,5,10-11,13H2,1-4H3,(H2,30,31)(H,32,35)/t19?,23-/m0/s1. The third kappa shape index (κ3) is 8.11. The molecule has 2 atom stereocenters. The van der Waals surface area contributed by atoms with Crippen LogP contribution in [0.1, 0.15) is 33.4 Å². The predicted octanol–water partition coefficient (Wildman–Crippen LogP) is 2.56. The van der Waals surface area contributed by atoms with Gasteiger partial charge in [-0.25, -0.2) is 19.0 Å². The fraction of sp³-hybridized carbons (Fsp3) is 0.393. The van der Waals surface area contributed by atoms with Gasteiger partial charge in [-0.15, -0.1) is 23.1 Å². The third-order valence-electron chi connectivity index (χ3n) is 6.18. The number of thioether (sulfide) groups is 1. The van der Waals surface area contributed by atoms with Gasteiger partial charge in [-0.05, 0) is 39.8 Å². The van der Waals surface area contributed by atoms with Crippen molar-refractivity contribution in [3.05, 3.63) is 52.4 Å². The average molecular weight is 680 g/mol. The Kier molecular flexibility index (Phi) is 10.8. The number of halogens is 1. The molecule has 46 heavy (non-hydrogen) atoms. The zero-order valence-corrected chi connectivity index (χ0v) is 26.7. The summed E-state index contributed by atoms with van der Waals surface area (Å²) in [4.78, 5) is 73.6. The number of esters is 2. The number of hydrogen-bond donors (Lipinski definition) is 2. The molecule has 1 fully saturated rings. The van der Waals surface area contributed by atoms with Gasteiger partial charge in [-0.3, -0.25) is 24.1 Å². The van der Waals surface area contributed by atoms with Crippen molar-refractivity contribution in [3.8, 4) is 5.75 Å². The molecule has 2 aliphatic rings. The van der Waals surface area contributed by atoms with E-state index in [1.165, 1.54) is 35.3 Å². The molecule has 1 aromatic heterocycles. The van der Waals surface area contributed by atoms with Crippen LogP contribution in [0.5, 0.6) is 5.75 Å². The van der Waals surface area contributed by atoms with Gasteiger partial charge in [-0.1, -0.05) is 11.2 Å². The SMILES string of the molecule is CCOC(=O)ON=C(C(=O)NC1C(=O)N2C(C(=O)OCOC(=O)C(C)(C)C)=C(COc3cccc(F)c3)CS[C@@H]12)c1csc(N)n1. The van der Waals surface area contributed by atoms with E-state index in [1.807, 2.05) is 0 Å². The number of nitrogens with two attached hydrogens (primary N) is 1. The topological polar surface area (TPSA) is 198 Å². The Labute approximate surface area is 270 Å². The van der Waals surface area contributed by atoms with Gasteiger partial charge in [0.1, 0.15) is 41.0 Å². The molecule has 1 unspecified atom stereocenters. The van der Waals surface area contributed by atoms with Crippen LogP contribution in [0.2, 0.25) is 0 Å². The van der Waals surface area contributed by atoms with Crippen LogP contribution in [0, 0.1) is 11.2 Å². The Bertz CT molecular complexity index is 1590. The Hall–Kier alpha value is -4.71. The highest BCUT2D eigenvalue weighted by Gasteiger charge is 2.55. The fourth-order valence-electron chi connectivity index (χ4n) is 3.97. The molecule has 15 nitrogen and oxygen atoms in total. The van der Waals surface area contributed by atoms with Crippen molar-refractivity contribution < 1.29 is 52.1 Å². The number of carbonyl (C=O) groups is 5. The highest BCUT2D eigenvalue weighted by atomic mass is 32.2. The summed E-state index contributed by atoms with van der Waals surface area (Å²) in [5.74, 6) is -3.39. The molecule has 4 rings (SSSR count). The van der Waals surface area contributed by atoms with Gasteiger partial charge >= 0.3 is 18.1 Å². The van der Waals surface area contributed by atoms with E-state index in [0.29, 0.717) is 5.57 Å². The van der Waals surface area contributed by atoms with Crippen molar-refractivity contribution in [1.29, 1.82) is 0 Å². The summed E-state index contributed by atoms with van der Waals surface area (Å²) >= 11 is 2.21. The van der Waals surface area contributed by atoms with Crippen LogP contribution in [0.4, 0.5) is 14.3 Å². The molecule has 0 saturated carbocycles. The van der Waals surface area contributed by atoms with Crippen LogP contribution in [0.25, 0.3) is 0 Å². The number of nitrogen functional groups attached to an aromatic ring is 1. The molecule has 0 bridgehead atoms. The maximum Gasteiger partial charge on any atom is 0.535 e. The summed E-state index contributed by atoms with van der Waals surface area (Å²) in [6.45, 7) is 5.50. The van der Waals surface area contributed by atoms with Crippen LogP contribution in [0.15, 0.2) is 46.1 Å².